The van der Waals surface area contributed by atoms with Crippen molar-refractivity contribution in [2.45, 2.75) is 12.5 Å². The molecule has 27 heavy (non-hydrogen) atoms. The van der Waals surface area contributed by atoms with Crippen molar-refractivity contribution in [3.63, 3.8) is 0 Å². The number of nitrogens with zero attached hydrogens (tertiary/aromatic N) is 1. The van der Waals surface area contributed by atoms with Gasteiger partial charge in [0.15, 0.2) is 0 Å². The van der Waals surface area contributed by atoms with E-state index in [1.807, 2.05) is 36.4 Å². The molecule has 8 heteroatoms. The molecule has 0 saturated carbocycles. The Balaban J connectivity index is 1.85. The van der Waals surface area contributed by atoms with Crippen LogP contribution in [0.5, 0.6) is 5.75 Å². The number of amides is 1. The predicted octanol–water partition coefficient (Wildman–Crippen LogP) is 0.915. The van der Waals surface area contributed by atoms with E-state index in [0.29, 0.717) is 5.75 Å². The Morgan fingerprint density at radius 1 is 1.11 bits per heavy atom. The summed E-state index contributed by atoms with van der Waals surface area (Å²) in [6, 6.07) is 10.5. The Labute approximate surface area is 154 Å². The number of aromatic nitrogens is 3. The van der Waals surface area contributed by atoms with Gasteiger partial charge in [0, 0.05) is 24.2 Å². The van der Waals surface area contributed by atoms with Crippen LogP contribution in [0, 0.1) is 0 Å². The lowest BCUT2D eigenvalue weighted by atomic mass is 9.99. The van der Waals surface area contributed by atoms with Crippen molar-refractivity contribution < 1.29 is 9.53 Å². The Kier molecular flexibility index (Phi) is 5.46. The van der Waals surface area contributed by atoms with Crippen molar-refractivity contribution in [3.8, 4) is 5.75 Å². The minimum absolute atomic E-state index is 0.163. The second-order valence-electron chi connectivity index (χ2n) is 5.83. The standard InChI is InChI=1S/C19H18N4O4/c1-27-15-4-2-12(3-5-15)17(13-6-8-20-9-7-13)22-16(24)10-14-11-21-19(26)23-18(14)25/h2-9,11,17H,10H2,1H3,(H,22,24)(H2,21,23,25,26). The summed E-state index contributed by atoms with van der Waals surface area (Å²) < 4.78 is 5.17. The lowest BCUT2D eigenvalue weighted by molar-refractivity contribution is -0.121. The number of hydrogen-bond acceptors (Lipinski definition) is 5. The lowest BCUT2D eigenvalue weighted by Crippen LogP contribution is -2.33. The first-order chi connectivity index (χ1) is 13.1. The zero-order valence-corrected chi connectivity index (χ0v) is 14.6. The largest absolute Gasteiger partial charge is 0.497 e. The SMILES string of the molecule is COc1ccc(C(NC(=O)Cc2c[nH]c(=O)[nH]c2=O)c2ccncc2)cc1. The molecule has 2 aromatic heterocycles. The van der Waals surface area contributed by atoms with Crippen LogP contribution < -0.4 is 21.3 Å². The van der Waals surface area contributed by atoms with Gasteiger partial charge in [0.2, 0.25) is 5.91 Å². The van der Waals surface area contributed by atoms with E-state index in [1.165, 1.54) is 6.20 Å². The fourth-order valence-corrected chi connectivity index (χ4v) is 2.67. The number of ether oxygens (including phenoxy) is 1. The summed E-state index contributed by atoms with van der Waals surface area (Å²) in [7, 11) is 1.58. The smallest absolute Gasteiger partial charge is 0.325 e. The van der Waals surface area contributed by atoms with E-state index in [4.69, 9.17) is 4.74 Å². The molecule has 1 atom stereocenters. The maximum absolute atomic E-state index is 12.5. The van der Waals surface area contributed by atoms with Gasteiger partial charge in [-0.1, -0.05) is 12.1 Å². The first-order valence-electron chi connectivity index (χ1n) is 8.21. The van der Waals surface area contributed by atoms with Gasteiger partial charge in [-0.2, -0.15) is 0 Å². The maximum Gasteiger partial charge on any atom is 0.325 e. The highest BCUT2D eigenvalue weighted by atomic mass is 16.5. The average Bonchev–Trinajstić information content (AvgIpc) is 2.69. The summed E-state index contributed by atoms with van der Waals surface area (Å²) >= 11 is 0. The quantitative estimate of drug-likeness (QED) is 0.600. The van der Waals surface area contributed by atoms with Gasteiger partial charge in [0.1, 0.15) is 5.75 Å². The number of rotatable bonds is 6. The van der Waals surface area contributed by atoms with Crippen LogP contribution in [0.4, 0.5) is 0 Å². The van der Waals surface area contributed by atoms with E-state index >= 15 is 0 Å². The summed E-state index contributed by atoms with van der Waals surface area (Å²) in [6.07, 6.45) is 4.37. The fourth-order valence-electron chi connectivity index (χ4n) is 2.67. The van der Waals surface area contributed by atoms with Crippen LogP contribution in [0.25, 0.3) is 0 Å². The number of pyridine rings is 1. The molecule has 1 aromatic carbocycles. The van der Waals surface area contributed by atoms with Gasteiger partial charge in [-0.25, -0.2) is 4.79 Å². The number of carbonyl (C=O) groups excluding carboxylic acids is 1. The third kappa shape index (κ3) is 4.49. The molecule has 3 aromatic rings. The van der Waals surface area contributed by atoms with E-state index in [-0.39, 0.29) is 17.9 Å². The van der Waals surface area contributed by atoms with Gasteiger partial charge in [-0.05, 0) is 35.4 Å². The third-order valence-electron chi connectivity index (χ3n) is 4.04. The van der Waals surface area contributed by atoms with E-state index < -0.39 is 17.3 Å². The molecule has 1 amide bonds. The summed E-state index contributed by atoms with van der Waals surface area (Å²) in [4.78, 5) is 43.9. The summed E-state index contributed by atoms with van der Waals surface area (Å²) in [5.41, 5.74) is 0.677. The highest BCUT2D eigenvalue weighted by Crippen LogP contribution is 2.23. The third-order valence-corrected chi connectivity index (χ3v) is 4.04. The molecule has 0 aliphatic rings. The van der Waals surface area contributed by atoms with Crippen LogP contribution in [-0.2, 0) is 11.2 Å². The Morgan fingerprint density at radius 3 is 2.41 bits per heavy atom. The Bertz CT molecular complexity index is 1030. The summed E-state index contributed by atoms with van der Waals surface area (Å²) in [5, 5.41) is 2.93. The molecule has 3 N–H and O–H groups in total. The molecule has 1 unspecified atom stereocenters. The molecule has 0 aliphatic carbocycles. The number of hydrogen-bond donors (Lipinski definition) is 3. The number of nitrogens with one attached hydrogen (secondary N) is 3. The first kappa shape index (κ1) is 18.1. The van der Waals surface area contributed by atoms with Crippen LogP contribution in [0.2, 0.25) is 0 Å². The van der Waals surface area contributed by atoms with Crippen LogP contribution in [0.1, 0.15) is 22.7 Å². The Morgan fingerprint density at radius 2 is 1.78 bits per heavy atom. The minimum Gasteiger partial charge on any atom is -0.497 e. The number of carbonyl (C=O) groups is 1. The average molecular weight is 366 g/mol. The zero-order valence-electron chi connectivity index (χ0n) is 14.6. The highest BCUT2D eigenvalue weighted by molar-refractivity contribution is 5.79. The first-order valence-corrected chi connectivity index (χ1v) is 8.21. The molecule has 0 aliphatic heterocycles. The molecular weight excluding hydrogens is 348 g/mol. The molecule has 0 saturated heterocycles. The van der Waals surface area contributed by atoms with E-state index in [2.05, 4.69) is 20.3 Å². The maximum atomic E-state index is 12.5. The van der Waals surface area contributed by atoms with Crippen molar-refractivity contribution in [1.82, 2.24) is 20.3 Å². The van der Waals surface area contributed by atoms with Crippen LogP contribution in [0.15, 0.2) is 64.6 Å². The van der Waals surface area contributed by atoms with Crippen molar-refractivity contribution in [2.75, 3.05) is 7.11 Å². The molecule has 3 rings (SSSR count). The second kappa shape index (κ2) is 8.13. The van der Waals surface area contributed by atoms with Gasteiger partial charge < -0.3 is 15.0 Å². The van der Waals surface area contributed by atoms with Crippen molar-refractivity contribution in [3.05, 3.63) is 92.5 Å². The molecular formula is C19H18N4O4. The fraction of sp³-hybridized carbons (Fsp3) is 0.158. The zero-order chi connectivity index (χ0) is 19.2. The van der Waals surface area contributed by atoms with E-state index in [1.54, 1.807) is 19.5 Å². The molecule has 0 radical (unpaired) electrons. The Hall–Kier alpha value is -3.68. The van der Waals surface area contributed by atoms with Gasteiger partial charge in [-0.3, -0.25) is 19.6 Å². The van der Waals surface area contributed by atoms with Crippen molar-refractivity contribution >= 4 is 5.91 Å². The molecule has 8 nitrogen and oxygen atoms in total. The van der Waals surface area contributed by atoms with E-state index in [9.17, 15) is 14.4 Å². The van der Waals surface area contributed by atoms with Gasteiger partial charge in [-0.15, -0.1) is 0 Å². The minimum atomic E-state index is -0.614. The highest BCUT2D eigenvalue weighted by Gasteiger charge is 2.18. The second-order valence-corrected chi connectivity index (χ2v) is 5.83. The number of benzene rings is 1. The molecule has 0 bridgehead atoms. The van der Waals surface area contributed by atoms with E-state index in [0.717, 1.165) is 11.1 Å². The summed E-state index contributed by atoms with van der Waals surface area (Å²) in [6.45, 7) is 0. The number of aromatic amines is 2. The number of methoxy groups -OCH3 is 1. The topological polar surface area (TPSA) is 117 Å². The molecule has 0 spiro atoms. The van der Waals surface area contributed by atoms with Crippen molar-refractivity contribution in [2.24, 2.45) is 0 Å². The molecule has 2 heterocycles. The van der Waals surface area contributed by atoms with Crippen molar-refractivity contribution in [1.29, 1.82) is 0 Å². The lowest BCUT2D eigenvalue weighted by Gasteiger charge is -2.20. The summed E-state index contributed by atoms with van der Waals surface area (Å²) in [5.74, 6) is 0.350. The van der Waals surface area contributed by atoms with Crippen LogP contribution in [0.3, 0.4) is 0 Å². The van der Waals surface area contributed by atoms with Gasteiger partial charge in [0.25, 0.3) is 5.56 Å². The normalized spacial score (nSPS) is 11.6. The molecule has 0 fully saturated rings. The molecule has 138 valence electrons. The van der Waals surface area contributed by atoms with Gasteiger partial charge >= 0.3 is 5.69 Å². The number of H-pyrrole nitrogens is 2. The van der Waals surface area contributed by atoms with Crippen LogP contribution in [-0.4, -0.2) is 28.0 Å². The predicted molar refractivity (Wildman–Crippen MR) is 98.6 cm³/mol. The van der Waals surface area contributed by atoms with Gasteiger partial charge in [0.05, 0.1) is 19.6 Å². The monoisotopic (exact) mass is 366 g/mol. The van der Waals surface area contributed by atoms with Crippen LogP contribution >= 0.6 is 0 Å².